The molecule has 0 spiro atoms. The Morgan fingerprint density at radius 1 is 1.44 bits per heavy atom. The molecule has 0 aromatic heterocycles. The van der Waals surface area contributed by atoms with Crippen LogP contribution in [0.5, 0.6) is 0 Å². The summed E-state index contributed by atoms with van der Waals surface area (Å²) in [5.41, 5.74) is 5.38. The number of ether oxygens (including phenoxy) is 1. The van der Waals surface area contributed by atoms with Gasteiger partial charge in [0.25, 0.3) is 0 Å². The van der Waals surface area contributed by atoms with Gasteiger partial charge in [-0.2, -0.15) is 0 Å². The van der Waals surface area contributed by atoms with E-state index >= 15 is 0 Å². The Morgan fingerprint density at radius 3 is 2.83 bits per heavy atom. The number of rotatable bonds is 3. The van der Waals surface area contributed by atoms with Gasteiger partial charge in [0, 0.05) is 20.2 Å². The van der Waals surface area contributed by atoms with Crippen LogP contribution in [0.25, 0.3) is 0 Å². The summed E-state index contributed by atoms with van der Waals surface area (Å²) in [6, 6.07) is 0. The van der Waals surface area contributed by atoms with E-state index in [0.717, 1.165) is 18.4 Å². The second kappa shape index (κ2) is 4.49. The summed E-state index contributed by atoms with van der Waals surface area (Å²) < 4.78 is 5.28. The lowest BCUT2D eigenvalue weighted by Gasteiger charge is -2.32. The smallest absolute Gasteiger partial charge is 0.244 e. The minimum absolute atomic E-state index is 0.0720. The Kier molecular flexibility index (Phi) is 3.10. The lowest BCUT2D eigenvalue weighted by atomic mass is 9.88. The lowest BCUT2D eigenvalue weighted by Crippen LogP contribution is -2.55. The topological polar surface area (TPSA) is 55.6 Å². The lowest BCUT2D eigenvalue weighted by molar-refractivity contribution is -0.136. The molecule has 0 aromatic rings. The number of nitrogens with zero attached hydrogens (tertiary/aromatic N) is 1. The van der Waals surface area contributed by atoms with Crippen molar-refractivity contribution in [2.75, 3.05) is 26.8 Å². The summed E-state index contributed by atoms with van der Waals surface area (Å²) in [6.07, 6.45) is 6.15. The summed E-state index contributed by atoms with van der Waals surface area (Å²) in [5.74, 6) is 2.58. The van der Waals surface area contributed by atoms with E-state index in [1.54, 1.807) is 0 Å². The Labute approximate surface area is 109 Å². The molecule has 102 valence electrons. The van der Waals surface area contributed by atoms with E-state index in [2.05, 4.69) is 0 Å². The van der Waals surface area contributed by atoms with Crippen molar-refractivity contribution >= 4 is 5.91 Å². The van der Waals surface area contributed by atoms with Gasteiger partial charge in [-0.15, -0.1) is 0 Å². The zero-order valence-corrected chi connectivity index (χ0v) is 11.2. The molecule has 1 heterocycles. The van der Waals surface area contributed by atoms with E-state index in [1.165, 1.54) is 25.7 Å². The number of carbonyl (C=O) groups is 1. The zero-order valence-electron chi connectivity index (χ0n) is 11.2. The molecular weight excluding hydrogens is 228 g/mol. The number of hydrogen-bond acceptors (Lipinski definition) is 3. The van der Waals surface area contributed by atoms with Crippen molar-refractivity contribution in [1.29, 1.82) is 0 Å². The highest BCUT2D eigenvalue weighted by Gasteiger charge is 2.43. The maximum absolute atomic E-state index is 12.4. The largest absolute Gasteiger partial charge is 0.379 e. The van der Waals surface area contributed by atoms with Crippen molar-refractivity contribution < 1.29 is 9.53 Å². The molecule has 1 aliphatic heterocycles. The van der Waals surface area contributed by atoms with Gasteiger partial charge in [0.05, 0.1) is 6.61 Å². The predicted molar refractivity (Wildman–Crippen MR) is 68.9 cm³/mol. The van der Waals surface area contributed by atoms with Gasteiger partial charge in [0.1, 0.15) is 5.54 Å². The number of carbonyl (C=O) groups excluding carboxylic acids is 1. The van der Waals surface area contributed by atoms with Crippen molar-refractivity contribution in [1.82, 2.24) is 4.90 Å². The molecule has 0 radical (unpaired) electrons. The highest BCUT2D eigenvalue weighted by molar-refractivity contribution is 5.86. The molecule has 4 unspecified atom stereocenters. The van der Waals surface area contributed by atoms with Gasteiger partial charge in [0.15, 0.2) is 0 Å². The Balaban J connectivity index is 1.58. The van der Waals surface area contributed by atoms with Crippen LogP contribution in [-0.2, 0) is 9.53 Å². The Hall–Kier alpha value is -0.610. The van der Waals surface area contributed by atoms with Gasteiger partial charge in [-0.05, 0) is 43.4 Å². The van der Waals surface area contributed by atoms with E-state index in [0.29, 0.717) is 25.6 Å². The molecule has 2 aliphatic carbocycles. The van der Waals surface area contributed by atoms with Crippen LogP contribution >= 0.6 is 0 Å². The van der Waals surface area contributed by atoms with Gasteiger partial charge in [-0.25, -0.2) is 0 Å². The molecule has 3 fully saturated rings. The van der Waals surface area contributed by atoms with Crippen LogP contribution in [0.4, 0.5) is 0 Å². The summed E-state index contributed by atoms with van der Waals surface area (Å²) >= 11 is 0. The number of likely N-dealkylation sites (N-methyl/N-ethyl adjacent to an activating group) is 1. The molecule has 2 N–H and O–H groups in total. The fraction of sp³-hybridized carbons (Fsp3) is 0.929. The predicted octanol–water partition coefficient (Wildman–Crippen LogP) is 0.999. The van der Waals surface area contributed by atoms with Crippen LogP contribution < -0.4 is 5.73 Å². The van der Waals surface area contributed by atoms with E-state index in [9.17, 15) is 4.79 Å². The zero-order chi connectivity index (χ0) is 12.8. The van der Waals surface area contributed by atoms with Gasteiger partial charge < -0.3 is 15.4 Å². The molecule has 2 bridgehead atoms. The fourth-order valence-electron chi connectivity index (χ4n) is 4.16. The van der Waals surface area contributed by atoms with Gasteiger partial charge in [-0.3, -0.25) is 4.79 Å². The maximum Gasteiger partial charge on any atom is 0.244 e. The summed E-state index contributed by atoms with van der Waals surface area (Å²) in [6.45, 7) is 1.88. The van der Waals surface area contributed by atoms with Crippen molar-refractivity contribution in [3.05, 3.63) is 0 Å². The molecule has 1 amide bonds. The number of fused-ring (bicyclic) bond motifs is 2. The monoisotopic (exact) mass is 252 g/mol. The first-order valence-electron chi connectivity index (χ1n) is 7.21. The average Bonchev–Trinajstić information content (AvgIpc) is 3.04. The highest BCUT2D eigenvalue weighted by Crippen LogP contribution is 2.48. The fourth-order valence-corrected chi connectivity index (χ4v) is 4.16. The molecule has 3 aliphatic rings. The van der Waals surface area contributed by atoms with Crippen molar-refractivity contribution in [3.8, 4) is 0 Å². The van der Waals surface area contributed by atoms with Crippen LogP contribution in [0.3, 0.4) is 0 Å². The maximum atomic E-state index is 12.4. The first-order chi connectivity index (χ1) is 8.58. The van der Waals surface area contributed by atoms with Crippen LogP contribution in [0.1, 0.15) is 32.1 Å². The molecule has 0 aromatic carbocycles. The third-order valence-electron chi connectivity index (χ3n) is 5.22. The molecule has 2 saturated carbocycles. The third-order valence-corrected chi connectivity index (χ3v) is 5.22. The van der Waals surface area contributed by atoms with Crippen LogP contribution in [0, 0.1) is 17.8 Å². The van der Waals surface area contributed by atoms with Crippen LogP contribution in [-0.4, -0.2) is 43.2 Å². The summed E-state index contributed by atoms with van der Waals surface area (Å²) in [4.78, 5) is 14.2. The summed E-state index contributed by atoms with van der Waals surface area (Å²) in [7, 11) is 1.90. The van der Waals surface area contributed by atoms with Gasteiger partial charge >= 0.3 is 0 Å². The number of nitrogens with two attached hydrogens (primary N) is 1. The van der Waals surface area contributed by atoms with Gasteiger partial charge in [0.2, 0.25) is 5.91 Å². The molecule has 4 heteroatoms. The van der Waals surface area contributed by atoms with Gasteiger partial charge in [-0.1, -0.05) is 6.42 Å². The first-order valence-corrected chi connectivity index (χ1v) is 7.21. The Bertz CT molecular complexity index is 339. The molecule has 18 heavy (non-hydrogen) atoms. The van der Waals surface area contributed by atoms with E-state index < -0.39 is 5.54 Å². The highest BCUT2D eigenvalue weighted by atomic mass is 16.5. The van der Waals surface area contributed by atoms with Crippen LogP contribution in [0.2, 0.25) is 0 Å². The van der Waals surface area contributed by atoms with E-state index in [1.807, 2.05) is 11.9 Å². The standard InChI is InChI=1S/C14H24N2O2/c1-16(13(17)14(15)4-5-18-9-14)8-12-7-10-2-3-11(12)6-10/h10-12H,2-9,15H2,1H3. The second-order valence-corrected chi connectivity index (χ2v) is 6.58. The molecule has 4 atom stereocenters. The molecule has 4 nitrogen and oxygen atoms in total. The summed E-state index contributed by atoms with van der Waals surface area (Å²) in [5, 5.41) is 0. The third kappa shape index (κ3) is 2.05. The molecule has 1 saturated heterocycles. The normalized spacial score (nSPS) is 42.4. The minimum Gasteiger partial charge on any atom is -0.379 e. The first kappa shape index (κ1) is 12.4. The van der Waals surface area contributed by atoms with Crippen molar-refractivity contribution in [2.24, 2.45) is 23.5 Å². The minimum atomic E-state index is -0.758. The Morgan fingerprint density at radius 2 is 2.28 bits per heavy atom. The van der Waals surface area contributed by atoms with Crippen LogP contribution in [0.15, 0.2) is 0 Å². The average molecular weight is 252 g/mol. The van der Waals surface area contributed by atoms with E-state index in [4.69, 9.17) is 10.5 Å². The number of hydrogen-bond donors (Lipinski definition) is 1. The second-order valence-electron chi connectivity index (χ2n) is 6.58. The SMILES string of the molecule is CN(CC1CC2CCC1C2)C(=O)C1(N)CCOC1. The molecular formula is C14H24N2O2. The van der Waals surface area contributed by atoms with Crippen molar-refractivity contribution in [3.63, 3.8) is 0 Å². The number of amides is 1. The quantitative estimate of drug-likeness (QED) is 0.815. The van der Waals surface area contributed by atoms with E-state index in [-0.39, 0.29) is 5.91 Å². The van der Waals surface area contributed by atoms with Crippen molar-refractivity contribution in [2.45, 2.75) is 37.6 Å². The molecule has 3 rings (SSSR count).